The van der Waals surface area contributed by atoms with E-state index in [0.717, 1.165) is 18.7 Å². The number of rotatable bonds is 4. The number of fused-ring (bicyclic) bond motifs is 1. The van der Waals surface area contributed by atoms with Crippen molar-refractivity contribution in [1.82, 2.24) is 14.6 Å². The zero-order chi connectivity index (χ0) is 20.4. The molecule has 3 aliphatic heterocycles. The van der Waals surface area contributed by atoms with E-state index in [-0.39, 0.29) is 24.0 Å². The van der Waals surface area contributed by atoms with Crippen LogP contribution in [-0.4, -0.2) is 90.1 Å². The first-order valence-corrected chi connectivity index (χ1v) is 10.6. The number of likely N-dealkylation sites (tertiary alicyclic amines) is 1. The van der Waals surface area contributed by atoms with Crippen molar-refractivity contribution in [2.75, 3.05) is 39.4 Å². The quantitative estimate of drug-likeness (QED) is 0.751. The summed E-state index contributed by atoms with van der Waals surface area (Å²) < 4.78 is 5.95. The molecule has 7 nitrogen and oxygen atoms in total. The highest BCUT2D eigenvalue weighted by Crippen LogP contribution is 2.30. The van der Waals surface area contributed by atoms with Gasteiger partial charge in [0.05, 0.1) is 43.4 Å². The van der Waals surface area contributed by atoms with Crippen molar-refractivity contribution in [3.63, 3.8) is 0 Å². The number of piperazine rings is 1. The molecule has 0 aliphatic carbocycles. The van der Waals surface area contributed by atoms with Gasteiger partial charge in [0, 0.05) is 19.1 Å². The fraction of sp³-hybridized carbons (Fsp3) is 0.619. The molecule has 3 saturated heterocycles. The van der Waals surface area contributed by atoms with E-state index < -0.39 is 7.05 Å². The first kappa shape index (κ1) is 20.4. The Morgan fingerprint density at radius 1 is 1.24 bits per heavy atom. The molecule has 1 N–H and O–H groups in total. The molecule has 4 rings (SSSR count). The lowest BCUT2D eigenvalue weighted by Gasteiger charge is -2.54. The Kier molecular flexibility index (Phi) is 6.21. The van der Waals surface area contributed by atoms with Gasteiger partial charge in [0.25, 0.3) is 0 Å². The Morgan fingerprint density at radius 3 is 2.72 bits per heavy atom. The Hall–Kier alpha value is -1.92. The summed E-state index contributed by atoms with van der Waals surface area (Å²) in [4.78, 5) is 19.9. The minimum atomic E-state index is -0.562. The van der Waals surface area contributed by atoms with E-state index >= 15 is 0 Å². The minimum Gasteiger partial charge on any atom is -0.437 e. The fourth-order valence-electron chi connectivity index (χ4n) is 5.19. The van der Waals surface area contributed by atoms with Gasteiger partial charge in [-0.05, 0) is 50.5 Å². The average molecular weight is 396 g/mol. The lowest BCUT2D eigenvalue weighted by Crippen LogP contribution is -2.73. The summed E-state index contributed by atoms with van der Waals surface area (Å²) in [5.41, 5.74) is 1.45. The summed E-state index contributed by atoms with van der Waals surface area (Å²) in [5.74, 6) is 0.0893. The van der Waals surface area contributed by atoms with E-state index in [0.29, 0.717) is 38.3 Å². The lowest BCUT2D eigenvalue weighted by molar-refractivity contribution is -0.148. The second-order valence-electron chi connectivity index (χ2n) is 8.35. The smallest absolute Gasteiger partial charge is 0.376 e. The second kappa shape index (κ2) is 8.84. The third kappa shape index (κ3) is 4.19. The predicted octanol–water partition coefficient (Wildman–Crippen LogP) is 0.587. The summed E-state index contributed by atoms with van der Waals surface area (Å²) in [6.07, 6.45) is 2.66. The molecule has 0 saturated carbocycles. The molecule has 0 unspecified atom stereocenters. The standard InChI is InChI=1S/C21H29BN4O3/c1-22(28)26-10-9-25(20(27)12-16-5-4-6-17(11-16)13-23)21-18(14-29-15-19(21)26)24-7-2-3-8-24/h4-6,11,18-19,21,28H,2-3,7-10,12,14-15H2,1H3/t18-,19+,21+/m0/s1. The van der Waals surface area contributed by atoms with Crippen molar-refractivity contribution < 1.29 is 14.6 Å². The maximum Gasteiger partial charge on any atom is 0.376 e. The fourth-order valence-corrected chi connectivity index (χ4v) is 5.19. The van der Waals surface area contributed by atoms with Gasteiger partial charge in [0.2, 0.25) is 5.91 Å². The van der Waals surface area contributed by atoms with Crippen LogP contribution in [-0.2, 0) is 16.0 Å². The monoisotopic (exact) mass is 396 g/mol. The summed E-state index contributed by atoms with van der Waals surface area (Å²) >= 11 is 0. The van der Waals surface area contributed by atoms with Gasteiger partial charge in [-0.1, -0.05) is 12.1 Å². The van der Waals surface area contributed by atoms with Gasteiger partial charge in [-0.2, -0.15) is 5.26 Å². The van der Waals surface area contributed by atoms with Gasteiger partial charge in [0.15, 0.2) is 0 Å². The molecule has 0 aromatic heterocycles. The number of hydrogen-bond donors (Lipinski definition) is 1. The van der Waals surface area contributed by atoms with Crippen LogP contribution >= 0.6 is 0 Å². The predicted molar refractivity (Wildman–Crippen MR) is 110 cm³/mol. The highest BCUT2D eigenvalue weighted by molar-refractivity contribution is 6.45. The highest BCUT2D eigenvalue weighted by Gasteiger charge is 2.49. The SMILES string of the molecule is CB(O)N1CCN(C(=O)Cc2cccc(C#N)c2)[C@H]2[C@H]1COC[C@@H]2N1CCCC1. The number of hydrogen-bond acceptors (Lipinski definition) is 6. The van der Waals surface area contributed by atoms with E-state index in [2.05, 4.69) is 15.8 Å². The van der Waals surface area contributed by atoms with Gasteiger partial charge >= 0.3 is 7.05 Å². The summed E-state index contributed by atoms with van der Waals surface area (Å²) in [5, 5.41) is 19.5. The van der Waals surface area contributed by atoms with Crippen molar-refractivity contribution in [2.24, 2.45) is 0 Å². The lowest BCUT2D eigenvalue weighted by atomic mass is 9.78. The molecule has 1 aromatic rings. The molecule has 1 amide bonds. The van der Waals surface area contributed by atoms with Crippen molar-refractivity contribution in [3.05, 3.63) is 35.4 Å². The number of carbonyl (C=O) groups excluding carboxylic acids is 1. The number of carbonyl (C=O) groups is 1. The van der Waals surface area contributed by atoms with Crippen LogP contribution < -0.4 is 0 Å². The third-order valence-electron chi connectivity index (χ3n) is 6.57. The van der Waals surface area contributed by atoms with Gasteiger partial charge < -0.3 is 19.5 Å². The Labute approximate surface area is 173 Å². The molecule has 8 heteroatoms. The second-order valence-corrected chi connectivity index (χ2v) is 8.35. The number of nitriles is 1. The summed E-state index contributed by atoms with van der Waals surface area (Å²) in [6.45, 7) is 6.28. The van der Waals surface area contributed by atoms with Crippen LogP contribution in [0.5, 0.6) is 0 Å². The maximum absolute atomic E-state index is 13.4. The van der Waals surface area contributed by atoms with Crippen molar-refractivity contribution in [3.8, 4) is 6.07 Å². The summed E-state index contributed by atoms with van der Waals surface area (Å²) in [7, 11) is -0.562. The van der Waals surface area contributed by atoms with Gasteiger partial charge in [-0.3, -0.25) is 9.69 Å². The number of ether oxygens (including phenoxy) is 1. The molecule has 0 spiro atoms. The minimum absolute atomic E-state index is 0.00232. The molecule has 154 valence electrons. The van der Waals surface area contributed by atoms with Crippen LogP contribution in [0.25, 0.3) is 0 Å². The first-order valence-electron chi connectivity index (χ1n) is 10.6. The zero-order valence-corrected chi connectivity index (χ0v) is 17.0. The Bertz CT molecular complexity index is 771. The molecule has 1 aromatic carbocycles. The van der Waals surface area contributed by atoms with E-state index in [9.17, 15) is 9.82 Å². The van der Waals surface area contributed by atoms with E-state index in [1.54, 1.807) is 19.0 Å². The molecule has 3 heterocycles. The van der Waals surface area contributed by atoms with Crippen LogP contribution in [0.3, 0.4) is 0 Å². The third-order valence-corrected chi connectivity index (χ3v) is 6.57. The first-order chi connectivity index (χ1) is 14.1. The topological polar surface area (TPSA) is 80.0 Å². The van der Waals surface area contributed by atoms with Gasteiger partial charge in [0.1, 0.15) is 0 Å². The summed E-state index contributed by atoms with van der Waals surface area (Å²) in [6, 6.07) is 9.60. The van der Waals surface area contributed by atoms with Crippen molar-refractivity contribution >= 4 is 13.0 Å². The van der Waals surface area contributed by atoms with Crippen molar-refractivity contribution in [1.29, 1.82) is 5.26 Å². The van der Waals surface area contributed by atoms with E-state index in [1.807, 2.05) is 17.0 Å². The average Bonchev–Trinajstić information content (AvgIpc) is 3.27. The molecular weight excluding hydrogens is 367 g/mol. The Morgan fingerprint density at radius 2 is 2.00 bits per heavy atom. The maximum atomic E-state index is 13.4. The Balaban J connectivity index is 1.58. The number of nitrogens with zero attached hydrogens (tertiary/aromatic N) is 4. The normalized spacial score (nSPS) is 28.0. The van der Waals surface area contributed by atoms with Crippen LogP contribution in [0.2, 0.25) is 6.82 Å². The number of benzene rings is 1. The van der Waals surface area contributed by atoms with E-state index in [1.165, 1.54) is 12.8 Å². The largest absolute Gasteiger partial charge is 0.437 e. The van der Waals surface area contributed by atoms with Crippen LogP contribution in [0.4, 0.5) is 0 Å². The molecule has 3 aliphatic rings. The highest BCUT2D eigenvalue weighted by atomic mass is 16.5. The van der Waals surface area contributed by atoms with Crippen LogP contribution in [0.1, 0.15) is 24.0 Å². The molecular formula is C21H29BN4O3. The van der Waals surface area contributed by atoms with E-state index in [4.69, 9.17) is 10.00 Å². The molecule has 3 fully saturated rings. The molecule has 3 atom stereocenters. The number of amides is 1. The molecule has 0 radical (unpaired) electrons. The van der Waals surface area contributed by atoms with Gasteiger partial charge in [-0.15, -0.1) is 0 Å². The van der Waals surface area contributed by atoms with Crippen molar-refractivity contribution in [2.45, 2.75) is 44.2 Å². The molecule has 29 heavy (non-hydrogen) atoms. The van der Waals surface area contributed by atoms with Gasteiger partial charge in [-0.25, -0.2) is 0 Å². The zero-order valence-electron chi connectivity index (χ0n) is 17.0. The van der Waals surface area contributed by atoms with Crippen LogP contribution in [0, 0.1) is 11.3 Å². The van der Waals surface area contributed by atoms with Crippen LogP contribution in [0.15, 0.2) is 24.3 Å². The molecule has 0 bridgehead atoms.